The first kappa shape index (κ1) is 17.8. The average molecular weight is 324 g/mol. The van der Waals surface area contributed by atoms with Gasteiger partial charge in [0.1, 0.15) is 5.75 Å². The van der Waals surface area contributed by atoms with Crippen LogP contribution in [0.2, 0.25) is 0 Å². The molecule has 0 spiro atoms. The summed E-state index contributed by atoms with van der Waals surface area (Å²) in [4.78, 5) is 25.4. The van der Waals surface area contributed by atoms with Crippen molar-refractivity contribution in [3.63, 3.8) is 0 Å². The van der Waals surface area contributed by atoms with Gasteiger partial charge in [-0.15, -0.1) is 0 Å². The number of aliphatic carboxylic acids is 1. The Morgan fingerprint density at radius 1 is 1.10 bits per heavy atom. The summed E-state index contributed by atoms with van der Waals surface area (Å²) in [5.41, 5.74) is 0. The summed E-state index contributed by atoms with van der Waals surface area (Å²) < 4.78 is 29.9. The number of aliphatic hydroxyl groups excluding tert-OH is 1. The van der Waals surface area contributed by atoms with Gasteiger partial charge < -0.3 is 15.1 Å². The predicted molar refractivity (Wildman–Crippen MR) is 72.3 cm³/mol. The van der Waals surface area contributed by atoms with E-state index in [2.05, 4.69) is 0 Å². The maximum absolute atomic E-state index is 11.7. The molecule has 0 unspecified atom stereocenters. The quantitative estimate of drug-likeness (QED) is 0.469. The van der Waals surface area contributed by atoms with Crippen LogP contribution in [0, 0.1) is 0 Å². The summed E-state index contributed by atoms with van der Waals surface area (Å²) in [5, 5.41) is 18.0. The summed E-state index contributed by atoms with van der Waals surface area (Å²) in [6.07, 6.45) is -1.43. The molecule has 0 bridgehead atoms. The highest BCUT2D eigenvalue weighted by Crippen LogP contribution is 2.06. The molecule has 1 aliphatic heterocycles. The van der Waals surface area contributed by atoms with E-state index in [1.54, 1.807) is 9.80 Å². The SMILES string of the molecule is O=C(O)CCC(=O)N1CCN(C[C@@H](O)CS(=O)(=O)O)CC1. The zero-order chi connectivity index (χ0) is 16.0. The monoisotopic (exact) mass is 324 g/mol. The molecule has 0 aromatic carbocycles. The first-order chi connectivity index (χ1) is 9.67. The highest BCUT2D eigenvalue weighted by molar-refractivity contribution is 7.85. The molecule has 1 atom stereocenters. The fraction of sp³-hybridized carbons (Fsp3) is 0.818. The van der Waals surface area contributed by atoms with Gasteiger partial charge in [-0.1, -0.05) is 0 Å². The van der Waals surface area contributed by atoms with Crippen molar-refractivity contribution < 1.29 is 32.8 Å². The molecule has 1 aliphatic rings. The van der Waals surface area contributed by atoms with Crippen molar-refractivity contribution in [1.29, 1.82) is 0 Å². The third kappa shape index (κ3) is 7.37. The fourth-order valence-corrected chi connectivity index (χ4v) is 2.74. The molecule has 10 heteroatoms. The number of β-amino-alcohol motifs (C(OH)–C–C–N with tert-alkyl or cyclic N) is 1. The number of rotatable bonds is 7. The van der Waals surface area contributed by atoms with Gasteiger partial charge in [0, 0.05) is 39.1 Å². The van der Waals surface area contributed by atoms with E-state index >= 15 is 0 Å². The third-order valence-corrected chi connectivity index (χ3v) is 3.96. The molecule has 0 aromatic heterocycles. The maximum atomic E-state index is 11.7. The van der Waals surface area contributed by atoms with Crippen LogP contribution in [0.3, 0.4) is 0 Å². The molecule has 0 saturated carbocycles. The summed E-state index contributed by atoms with van der Waals surface area (Å²) >= 11 is 0. The van der Waals surface area contributed by atoms with Crippen LogP contribution in [0.25, 0.3) is 0 Å². The second kappa shape index (κ2) is 7.69. The molecule has 1 amide bonds. The first-order valence-corrected chi connectivity index (χ1v) is 8.13. The lowest BCUT2D eigenvalue weighted by Crippen LogP contribution is -2.51. The van der Waals surface area contributed by atoms with E-state index in [4.69, 9.17) is 9.66 Å². The Kier molecular flexibility index (Phi) is 6.52. The van der Waals surface area contributed by atoms with Crippen LogP contribution in [0.4, 0.5) is 0 Å². The van der Waals surface area contributed by atoms with Gasteiger partial charge in [-0.2, -0.15) is 8.42 Å². The Morgan fingerprint density at radius 3 is 2.14 bits per heavy atom. The van der Waals surface area contributed by atoms with Crippen LogP contribution in [0.5, 0.6) is 0 Å². The standard InChI is InChI=1S/C11H20N2O7S/c14-9(8-21(18,19)20)7-12-3-5-13(6-4-12)10(15)1-2-11(16)17/h9,14H,1-8H2,(H,16,17)(H,18,19,20)/t9-/m1/s1. The van der Waals surface area contributed by atoms with Crippen LogP contribution in [-0.4, -0.2) is 89.4 Å². The minimum atomic E-state index is -4.21. The largest absolute Gasteiger partial charge is 0.481 e. The highest BCUT2D eigenvalue weighted by atomic mass is 32.2. The van der Waals surface area contributed by atoms with Crippen molar-refractivity contribution in [1.82, 2.24) is 9.80 Å². The molecular formula is C11H20N2O7S. The minimum absolute atomic E-state index is 0.0410. The molecular weight excluding hydrogens is 304 g/mol. The van der Waals surface area contributed by atoms with Gasteiger partial charge in [0.2, 0.25) is 5.91 Å². The number of hydrogen-bond acceptors (Lipinski definition) is 6. The van der Waals surface area contributed by atoms with Crippen LogP contribution >= 0.6 is 0 Å². The zero-order valence-corrected chi connectivity index (χ0v) is 12.3. The molecule has 0 aromatic rings. The Labute approximate surface area is 122 Å². The van der Waals surface area contributed by atoms with Crippen molar-refractivity contribution in [2.75, 3.05) is 38.5 Å². The summed E-state index contributed by atoms with van der Waals surface area (Å²) in [5.74, 6) is -1.96. The lowest BCUT2D eigenvalue weighted by molar-refractivity contribution is -0.141. The molecule has 3 N–H and O–H groups in total. The summed E-state index contributed by atoms with van der Waals surface area (Å²) in [6, 6.07) is 0. The van der Waals surface area contributed by atoms with Gasteiger partial charge in [0.25, 0.3) is 10.1 Å². The number of carbonyl (C=O) groups excluding carboxylic acids is 1. The van der Waals surface area contributed by atoms with E-state index in [0.717, 1.165) is 0 Å². The minimum Gasteiger partial charge on any atom is -0.481 e. The van der Waals surface area contributed by atoms with E-state index in [0.29, 0.717) is 26.2 Å². The van der Waals surface area contributed by atoms with Gasteiger partial charge in [-0.05, 0) is 0 Å². The first-order valence-electron chi connectivity index (χ1n) is 6.52. The molecule has 0 aliphatic carbocycles. The fourth-order valence-electron chi connectivity index (χ4n) is 2.15. The van der Waals surface area contributed by atoms with E-state index in [1.807, 2.05) is 0 Å². The number of aliphatic hydroxyl groups is 1. The van der Waals surface area contributed by atoms with Crippen molar-refractivity contribution in [3.05, 3.63) is 0 Å². The van der Waals surface area contributed by atoms with Gasteiger partial charge in [0.15, 0.2) is 0 Å². The Bertz CT molecular complexity index is 471. The van der Waals surface area contributed by atoms with Crippen molar-refractivity contribution in [2.24, 2.45) is 0 Å². The summed E-state index contributed by atoms with van der Waals surface area (Å²) in [6.45, 7) is 1.81. The molecule has 1 rings (SSSR count). The van der Waals surface area contributed by atoms with Gasteiger partial charge in [-0.3, -0.25) is 19.0 Å². The number of carbonyl (C=O) groups is 2. The Balaban J connectivity index is 2.32. The molecule has 0 radical (unpaired) electrons. The van der Waals surface area contributed by atoms with Gasteiger partial charge in [0.05, 0.1) is 12.5 Å². The third-order valence-electron chi connectivity index (χ3n) is 3.15. The van der Waals surface area contributed by atoms with Crippen LogP contribution in [-0.2, 0) is 19.7 Å². The van der Waals surface area contributed by atoms with E-state index in [9.17, 15) is 23.1 Å². The van der Waals surface area contributed by atoms with Crippen molar-refractivity contribution in [3.8, 4) is 0 Å². The second-order valence-corrected chi connectivity index (χ2v) is 6.47. The topological polar surface area (TPSA) is 135 Å². The van der Waals surface area contributed by atoms with Crippen LogP contribution in [0.1, 0.15) is 12.8 Å². The number of carboxylic acid groups (broad SMARTS) is 1. The summed E-state index contributed by atoms with van der Waals surface area (Å²) in [7, 11) is -4.21. The highest BCUT2D eigenvalue weighted by Gasteiger charge is 2.24. The molecule has 122 valence electrons. The van der Waals surface area contributed by atoms with E-state index < -0.39 is 27.9 Å². The van der Waals surface area contributed by atoms with Crippen molar-refractivity contribution in [2.45, 2.75) is 18.9 Å². The molecule has 21 heavy (non-hydrogen) atoms. The molecule has 1 heterocycles. The Hall–Kier alpha value is -1.23. The lowest BCUT2D eigenvalue weighted by atomic mass is 10.2. The van der Waals surface area contributed by atoms with E-state index in [-0.39, 0.29) is 25.3 Å². The number of piperazine rings is 1. The molecule has 1 fully saturated rings. The maximum Gasteiger partial charge on any atom is 0.303 e. The number of hydrogen-bond donors (Lipinski definition) is 3. The van der Waals surface area contributed by atoms with Gasteiger partial charge in [-0.25, -0.2) is 0 Å². The molecule has 1 saturated heterocycles. The number of carboxylic acids is 1. The normalized spacial score (nSPS) is 18.5. The predicted octanol–water partition coefficient (Wildman–Crippen LogP) is -1.76. The Morgan fingerprint density at radius 2 is 1.67 bits per heavy atom. The average Bonchev–Trinajstić information content (AvgIpc) is 2.34. The van der Waals surface area contributed by atoms with Crippen LogP contribution < -0.4 is 0 Å². The van der Waals surface area contributed by atoms with Gasteiger partial charge >= 0.3 is 5.97 Å². The number of nitrogens with zero attached hydrogens (tertiary/aromatic N) is 2. The smallest absolute Gasteiger partial charge is 0.303 e. The second-order valence-electron chi connectivity index (χ2n) is 4.98. The number of amides is 1. The zero-order valence-electron chi connectivity index (χ0n) is 11.5. The molecule has 9 nitrogen and oxygen atoms in total. The van der Waals surface area contributed by atoms with Crippen molar-refractivity contribution >= 4 is 22.0 Å². The lowest BCUT2D eigenvalue weighted by Gasteiger charge is -2.35. The van der Waals surface area contributed by atoms with E-state index in [1.165, 1.54) is 0 Å². The van der Waals surface area contributed by atoms with Crippen LogP contribution in [0.15, 0.2) is 0 Å².